The van der Waals surface area contributed by atoms with Gasteiger partial charge in [0.1, 0.15) is 5.52 Å². The third-order valence-corrected chi connectivity index (χ3v) is 4.30. The van der Waals surface area contributed by atoms with E-state index in [1.165, 1.54) is 15.8 Å². The Bertz CT molecular complexity index is 829. The van der Waals surface area contributed by atoms with Crippen molar-refractivity contribution >= 4 is 22.7 Å². The van der Waals surface area contributed by atoms with Crippen molar-refractivity contribution in [3.05, 3.63) is 70.0 Å². The molecule has 0 atom stereocenters. The van der Waals surface area contributed by atoms with Crippen LogP contribution in [0.15, 0.2) is 53.3 Å². The summed E-state index contributed by atoms with van der Waals surface area (Å²) in [5.41, 5.74) is 3.10. The normalized spacial score (nSPS) is 10.9. The fourth-order valence-corrected chi connectivity index (χ4v) is 3.10. The van der Waals surface area contributed by atoms with Crippen LogP contribution in [0.4, 0.5) is 0 Å². The van der Waals surface area contributed by atoms with E-state index in [0.717, 1.165) is 5.75 Å². The Morgan fingerprint density at radius 1 is 1.10 bits per heavy atom. The second kappa shape index (κ2) is 6.10. The molecular weight excluding hydrogens is 282 g/mol. The van der Waals surface area contributed by atoms with Gasteiger partial charge in [0, 0.05) is 5.75 Å². The van der Waals surface area contributed by atoms with Gasteiger partial charge in [0.25, 0.3) is 5.56 Å². The lowest BCUT2D eigenvalue weighted by molar-refractivity contribution is 0.645. The van der Waals surface area contributed by atoms with Crippen LogP contribution in [0, 0.1) is 6.92 Å². The van der Waals surface area contributed by atoms with Gasteiger partial charge in [0.15, 0.2) is 0 Å². The maximum Gasteiger partial charge on any atom is 0.278 e. The molecule has 0 spiro atoms. The second-order valence-corrected chi connectivity index (χ2v) is 5.77. The van der Waals surface area contributed by atoms with E-state index in [0.29, 0.717) is 16.8 Å². The highest BCUT2D eigenvalue weighted by Gasteiger charge is 2.05. The Morgan fingerprint density at radius 2 is 1.86 bits per heavy atom. The van der Waals surface area contributed by atoms with Crippen molar-refractivity contribution in [2.75, 3.05) is 0 Å². The first kappa shape index (κ1) is 13.8. The standard InChI is InChI=1S/C16H15N3OS/c1-12-6-2-3-7-13(12)10-21-11-19-16(20)14-8-4-5-9-15(14)17-18-19/h2-9H,10-11H2,1H3. The van der Waals surface area contributed by atoms with Gasteiger partial charge in [-0.1, -0.05) is 41.6 Å². The van der Waals surface area contributed by atoms with Gasteiger partial charge in [-0.15, -0.1) is 16.9 Å². The van der Waals surface area contributed by atoms with E-state index in [9.17, 15) is 4.79 Å². The van der Waals surface area contributed by atoms with Crippen molar-refractivity contribution in [3.8, 4) is 0 Å². The van der Waals surface area contributed by atoms with Crippen molar-refractivity contribution in [1.29, 1.82) is 0 Å². The zero-order chi connectivity index (χ0) is 14.7. The van der Waals surface area contributed by atoms with Gasteiger partial charge in [-0.2, -0.15) is 0 Å². The van der Waals surface area contributed by atoms with Crippen LogP contribution >= 0.6 is 11.8 Å². The van der Waals surface area contributed by atoms with E-state index in [4.69, 9.17) is 0 Å². The van der Waals surface area contributed by atoms with Gasteiger partial charge in [0.2, 0.25) is 0 Å². The van der Waals surface area contributed by atoms with E-state index in [1.807, 2.05) is 24.3 Å². The number of aromatic nitrogens is 3. The van der Waals surface area contributed by atoms with Crippen molar-refractivity contribution in [3.63, 3.8) is 0 Å². The number of thioether (sulfide) groups is 1. The highest BCUT2D eigenvalue weighted by atomic mass is 32.2. The molecule has 21 heavy (non-hydrogen) atoms. The van der Waals surface area contributed by atoms with Crippen LogP contribution in [-0.4, -0.2) is 15.0 Å². The van der Waals surface area contributed by atoms with Gasteiger partial charge in [-0.05, 0) is 30.2 Å². The molecule has 0 saturated carbocycles. The SMILES string of the molecule is Cc1ccccc1CSCn1nnc2ccccc2c1=O. The third kappa shape index (κ3) is 2.97. The molecule has 3 aromatic rings. The Labute approximate surface area is 126 Å². The molecule has 106 valence electrons. The van der Waals surface area contributed by atoms with Crippen LogP contribution in [0.25, 0.3) is 10.9 Å². The molecule has 2 aromatic carbocycles. The molecule has 0 fully saturated rings. The number of nitrogens with zero attached hydrogens (tertiary/aromatic N) is 3. The maximum absolute atomic E-state index is 12.3. The summed E-state index contributed by atoms with van der Waals surface area (Å²) in [6, 6.07) is 15.6. The lowest BCUT2D eigenvalue weighted by Gasteiger charge is -2.06. The number of hydrogen-bond donors (Lipinski definition) is 0. The van der Waals surface area contributed by atoms with Crippen LogP contribution in [0.5, 0.6) is 0 Å². The number of fused-ring (bicyclic) bond motifs is 1. The summed E-state index contributed by atoms with van der Waals surface area (Å²) in [6.07, 6.45) is 0. The Morgan fingerprint density at radius 3 is 2.71 bits per heavy atom. The highest BCUT2D eigenvalue weighted by molar-refractivity contribution is 7.97. The van der Waals surface area contributed by atoms with Crippen molar-refractivity contribution < 1.29 is 0 Å². The maximum atomic E-state index is 12.3. The molecule has 0 aliphatic carbocycles. The van der Waals surface area contributed by atoms with E-state index >= 15 is 0 Å². The fraction of sp³-hybridized carbons (Fsp3) is 0.188. The zero-order valence-electron chi connectivity index (χ0n) is 11.7. The number of benzene rings is 2. The minimum absolute atomic E-state index is 0.0853. The molecule has 0 radical (unpaired) electrons. The smallest absolute Gasteiger partial charge is 0.267 e. The van der Waals surface area contributed by atoms with Crippen molar-refractivity contribution in [2.24, 2.45) is 0 Å². The molecule has 0 aliphatic rings. The molecule has 1 heterocycles. The molecule has 0 aliphatic heterocycles. The van der Waals surface area contributed by atoms with Gasteiger partial charge in [-0.25, -0.2) is 4.68 Å². The van der Waals surface area contributed by atoms with E-state index in [-0.39, 0.29) is 5.56 Å². The summed E-state index contributed by atoms with van der Waals surface area (Å²) < 4.78 is 1.42. The van der Waals surface area contributed by atoms with Crippen LogP contribution in [0.3, 0.4) is 0 Å². The Kier molecular flexibility index (Phi) is 4.01. The van der Waals surface area contributed by atoms with Crippen LogP contribution in [0.1, 0.15) is 11.1 Å². The first-order valence-corrected chi connectivity index (χ1v) is 7.86. The average Bonchev–Trinajstić information content (AvgIpc) is 2.52. The Hall–Kier alpha value is -2.14. The first-order chi connectivity index (χ1) is 10.3. The van der Waals surface area contributed by atoms with Crippen LogP contribution in [0.2, 0.25) is 0 Å². The molecular formula is C16H15N3OS. The number of aryl methyl sites for hydroxylation is 1. The topological polar surface area (TPSA) is 47.8 Å². The van der Waals surface area contributed by atoms with E-state index in [1.54, 1.807) is 23.9 Å². The summed E-state index contributed by atoms with van der Waals surface area (Å²) >= 11 is 1.66. The predicted octanol–water partition coefficient (Wildman–Crippen LogP) is 2.99. The summed E-state index contributed by atoms with van der Waals surface area (Å²) in [6.45, 7) is 2.10. The zero-order valence-corrected chi connectivity index (χ0v) is 12.5. The minimum atomic E-state index is -0.0853. The molecule has 5 heteroatoms. The third-order valence-electron chi connectivity index (χ3n) is 3.36. The van der Waals surface area contributed by atoms with Gasteiger partial charge < -0.3 is 0 Å². The number of hydrogen-bond acceptors (Lipinski definition) is 4. The molecule has 0 N–H and O–H groups in total. The lowest BCUT2D eigenvalue weighted by atomic mass is 10.1. The minimum Gasteiger partial charge on any atom is -0.267 e. The lowest BCUT2D eigenvalue weighted by Crippen LogP contribution is -2.23. The van der Waals surface area contributed by atoms with Crippen molar-refractivity contribution in [2.45, 2.75) is 18.6 Å². The quantitative estimate of drug-likeness (QED) is 0.743. The van der Waals surface area contributed by atoms with Gasteiger partial charge in [0.05, 0.1) is 11.3 Å². The van der Waals surface area contributed by atoms with Crippen LogP contribution in [-0.2, 0) is 11.6 Å². The average molecular weight is 297 g/mol. The van der Waals surface area contributed by atoms with Gasteiger partial charge >= 0.3 is 0 Å². The van der Waals surface area contributed by atoms with Crippen LogP contribution < -0.4 is 5.56 Å². The largest absolute Gasteiger partial charge is 0.278 e. The first-order valence-electron chi connectivity index (χ1n) is 6.70. The molecule has 1 aromatic heterocycles. The molecule has 0 bridgehead atoms. The second-order valence-electron chi connectivity index (χ2n) is 4.82. The van der Waals surface area contributed by atoms with E-state index in [2.05, 4.69) is 29.4 Å². The molecule has 0 saturated heterocycles. The summed E-state index contributed by atoms with van der Waals surface area (Å²) in [5, 5.41) is 8.69. The van der Waals surface area contributed by atoms with E-state index < -0.39 is 0 Å². The molecule has 0 unspecified atom stereocenters. The fourth-order valence-electron chi connectivity index (χ4n) is 2.12. The molecule has 3 rings (SSSR count). The molecule has 4 nitrogen and oxygen atoms in total. The Balaban J connectivity index is 1.76. The summed E-state index contributed by atoms with van der Waals surface area (Å²) in [5.74, 6) is 1.36. The molecule has 0 amide bonds. The number of rotatable bonds is 4. The monoisotopic (exact) mass is 297 g/mol. The highest BCUT2D eigenvalue weighted by Crippen LogP contribution is 2.16. The summed E-state index contributed by atoms with van der Waals surface area (Å²) in [7, 11) is 0. The van der Waals surface area contributed by atoms with Gasteiger partial charge in [-0.3, -0.25) is 4.79 Å². The predicted molar refractivity (Wildman–Crippen MR) is 86.3 cm³/mol. The van der Waals surface area contributed by atoms with Crippen molar-refractivity contribution in [1.82, 2.24) is 15.0 Å². The summed E-state index contributed by atoms with van der Waals surface area (Å²) in [4.78, 5) is 12.3.